The second-order valence-corrected chi connectivity index (χ2v) is 9.18. The molecule has 4 rings (SSSR count). The summed E-state index contributed by atoms with van der Waals surface area (Å²) in [4.78, 5) is 16.0. The molecule has 2 N–H and O–H groups in total. The van der Waals surface area contributed by atoms with E-state index in [4.69, 9.17) is 17.3 Å². The second kappa shape index (κ2) is 7.74. The molecular weight excluding hydrogens is 447 g/mol. The van der Waals surface area contributed by atoms with Gasteiger partial charge >= 0.3 is 6.18 Å². The topological polar surface area (TPSA) is 70.1 Å². The molecule has 0 radical (unpaired) electrons. The molecule has 1 aromatic heterocycles. The Balaban J connectivity index is 2.02. The van der Waals surface area contributed by atoms with Gasteiger partial charge in [-0.25, -0.2) is 0 Å². The monoisotopic (exact) mass is 463 g/mol. The summed E-state index contributed by atoms with van der Waals surface area (Å²) >= 11 is 7.28. The van der Waals surface area contributed by atoms with Crippen molar-refractivity contribution in [2.75, 3.05) is 4.90 Å². The van der Waals surface area contributed by atoms with Crippen molar-refractivity contribution in [2.24, 2.45) is 5.73 Å². The number of carbonyl (C=O) groups excluding carboxylic acids is 1. The molecule has 9 heteroatoms. The lowest BCUT2D eigenvalue weighted by atomic mass is 9.78. The first-order chi connectivity index (χ1) is 14.6. The van der Waals surface area contributed by atoms with Gasteiger partial charge in [-0.3, -0.25) is 9.69 Å². The zero-order valence-electron chi connectivity index (χ0n) is 16.4. The molecule has 1 atom stereocenters. The number of allylic oxidation sites excluding steroid dienone is 3. The van der Waals surface area contributed by atoms with Crippen LogP contribution >= 0.6 is 22.9 Å². The number of thiophene rings is 1. The van der Waals surface area contributed by atoms with Crippen LogP contribution in [0.1, 0.15) is 40.5 Å². The Labute approximate surface area is 186 Å². The zero-order chi connectivity index (χ0) is 22.5. The average Bonchev–Trinajstić information content (AvgIpc) is 3.13. The van der Waals surface area contributed by atoms with E-state index in [1.54, 1.807) is 0 Å². The van der Waals surface area contributed by atoms with Gasteiger partial charge in [-0.2, -0.15) is 18.4 Å². The van der Waals surface area contributed by atoms with Gasteiger partial charge < -0.3 is 5.73 Å². The third kappa shape index (κ3) is 3.62. The van der Waals surface area contributed by atoms with Crippen molar-refractivity contribution in [3.05, 3.63) is 73.3 Å². The third-order valence-corrected chi connectivity index (χ3v) is 6.76. The molecule has 2 aromatic rings. The summed E-state index contributed by atoms with van der Waals surface area (Å²) < 4.78 is 41.5. The van der Waals surface area contributed by atoms with E-state index in [-0.39, 0.29) is 34.3 Å². The van der Waals surface area contributed by atoms with E-state index in [2.05, 4.69) is 6.07 Å². The second-order valence-electron chi connectivity index (χ2n) is 7.42. The maximum atomic E-state index is 13.8. The van der Waals surface area contributed by atoms with Crippen LogP contribution in [0, 0.1) is 18.3 Å². The maximum Gasteiger partial charge on any atom is 0.418 e. The molecule has 1 aliphatic carbocycles. The number of benzene rings is 1. The lowest BCUT2D eigenvalue weighted by Crippen LogP contribution is -2.39. The minimum absolute atomic E-state index is 0.0684. The number of anilines is 1. The predicted molar refractivity (Wildman–Crippen MR) is 113 cm³/mol. The Morgan fingerprint density at radius 1 is 1.26 bits per heavy atom. The summed E-state index contributed by atoms with van der Waals surface area (Å²) in [6.45, 7) is 1.91. The number of nitrogens with zero attached hydrogens (tertiary/aromatic N) is 2. The molecule has 0 saturated carbocycles. The fourth-order valence-corrected chi connectivity index (χ4v) is 5.35. The number of ketones is 1. The molecule has 0 unspecified atom stereocenters. The number of nitrogens with two attached hydrogens (primary N) is 1. The van der Waals surface area contributed by atoms with E-state index in [0.29, 0.717) is 24.1 Å². The molecule has 0 saturated heterocycles. The highest BCUT2D eigenvalue weighted by molar-refractivity contribution is 7.12. The SMILES string of the molecule is Cc1ccc([C@H]2C(C#N)=C(N)N(c3ccc(Cl)cc3C(F)(F)F)C3=C2C(=O)CCC3)s1. The van der Waals surface area contributed by atoms with Crippen molar-refractivity contribution in [2.45, 2.75) is 38.3 Å². The number of halogens is 4. The molecule has 0 fully saturated rings. The first-order valence-electron chi connectivity index (χ1n) is 9.52. The standard InChI is InChI=1S/C22H17ClF3N3OS/c1-11-5-8-18(31-11)19-13(10-27)21(28)29(16-3-2-4-17(30)20(16)19)15-7-6-12(23)9-14(15)22(24,25)26/h5-9,19H,2-4,28H2,1H3/t19-/m1/s1. The zero-order valence-corrected chi connectivity index (χ0v) is 18.0. The van der Waals surface area contributed by atoms with Gasteiger partial charge in [-0.1, -0.05) is 11.6 Å². The fraction of sp³-hybridized carbons (Fsp3) is 0.273. The number of hydrogen-bond donors (Lipinski definition) is 1. The Bertz CT molecular complexity index is 1190. The smallest absolute Gasteiger partial charge is 0.384 e. The highest BCUT2D eigenvalue weighted by Gasteiger charge is 2.43. The van der Waals surface area contributed by atoms with Crippen LogP contribution in [0.5, 0.6) is 0 Å². The molecular formula is C22H17ClF3N3OS. The number of hydrogen-bond acceptors (Lipinski definition) is 5. The summed E-state index contributed by atoms with van der Waals surface area (Å²) in [7, 11) is 0. The molecule has 31 heavy (non-hydrogen) atoms. The van der Waals surface area contributed by atoms with Crippen LogP contribution in [-0.2, 0) is 11.0 Å². The third-order valence-electron chi connectivity index (χ3n) is 5.46. The van der Waals surface area contributed by atoms with E-state index in [1.165, 1.54) is 28.4 Å². The fourth-order valence-electron chi connectivity index (χ4n) is 4.18. The van der Waals surface area contributed by atoms with Gasteiger partial charge in [0, 0.05) is 32.5 Å². The van der Waals surface area contributed by atoms with Crippen LogP contribution in [0.15, 0.2) is 53.0 Å². The summed E-state index contributed by atoms with van der Waals surface area (Å²) in [5.74, 6) is -0.950. The summed E-state index contributed by atoms with van der Waals surface area (Å²) in [5.41, 5.74) is 5.95. The normalized spacial score (nSPS) is 19.5. The number of Topliss-reactive ketones (excluding diaryl/α,β-unsaturated/α-hetero) is 1. The minimum atomic E-state index is -4.70. The average molecular weight is 464 g/mol. The summed E-state index contributed by atoms with van der Waals surface area (Å²) in [6.07, 6.45) is -3.55. The number of alkyl halides is 3. The van der Waals surface area contributed by atoms with Gasteiger partial charge in [-0.05, 0) is 50.1 Å². The van der Waals surface area contributed by atoms with Gasteiger partial charge in [-0.15, -0.1) is 11.3 Å². The largest absolute Gasteiger partial charge is 0.418 e. The lowest BCUT2D eigenvalue weighted by molar-refractivity contribution is -0.137. The van der Waals surface area contributed by atoms with Gasteiger partial charge in [0.2, 0.25) is 0 Å². The molecule has 0 amide bonds. The van der Waals surface area contributed by atoms with Crippen LogP contribution in [0.4, 0.5) is 18.9 Å². The van der Waals surface area contributed by atoms with Gasteiger partial charge in [0.25, 0.3) is 0 Å². The van der Waals surface area contributed by atoms with E-state index in [0.717, 1.165) is 15.8 Å². The van der Waals surface area contributed by atoms with Crippen molar-refractivity contribution in [3.8, 4) is 6.07 Å². The molecule has 160 valence electrons. The van der Waals surface area contributed by atoms with E-state index >= 15 is 0 Å². The van der Waals surface area contributed by atoms with Crippen molar-refractivity contribution in [3.63, 3.8) is 0 Å². The molecule has 4 nitrogen and oxygen atoms in total. The summed E-state index contributed by atoms with van der Waals surface area (Å²) in [6, 6.07) is 9.17. The van der Waals surface area contributed by atoms with Gasteiger partial charge in [0.1, 0.15) is 5.82 Å². The predicted octanol–water partition coefficient (Wildman–Crippen LogP) is 6.03. The van der Waals surface area contributed by atoms with E-state index < -0.39 is 17.7 Å². The number of rotatable bonds is 2. The molecule has 1 aromatic carbocycles. The molecule has 0 bridgehead atoms. The number of carbonyl (C=O) groups is 1. The Hall–Kier alpha value is -2.76. The molecule has 0 spiro atoms. The highest BCUT2D eigenvalue weighted by atomic mass is 35.5. The van der Waals surface area contributed by atoms with Gasteiger partial charge in [0.05, 0.1) is 28.8 Å². The highest BCUT2D eigenvalue weighted by Crippen LogP contribution is 2.49. The maximum absolute atomic E-state index is 13.8. The Morgan fingerprint density at radius 3 is 2.61 bits per heavy atom. The van der Waals surface area contributed by atoms with Crippen molar-refractivity contribution in [1.82, 2.24) is 0 Å². The van der Waals surface area contributed by atoms with Gasteiger partial charge in [0.15, 0.2) is 5.78 Å². The first kappa shape index (κ1) is 21.5. The first-order valence-corrected chi connectivity index (χ1v) is 10.7. The summed E-state index contributed by atoms with van der Waals surface area (Å²) in [5, 5.41) is 9.86. The van der Waals surface area contributed by atoms with Crippen molar-refractivity contribution >= 4 is 34.4 Å². The number of aryl methyl sites for hydroxylation is 1. The van der Waals surface area contributed by atoms with Crippen LogP contribution < -0.4 is 10.6 Å². The van der Waals surface area contributed by atoms with Crippen molar-refractivity contribution in [1.29, 1.82) is 5.26 Å². The Morgan fingerprint density at radius 2 is 2.00 bits per heavy atom. The van der Waals surface area contributed by atoms with E-state index in [9.17, 15) is 23.2 Å². The number of nitriles is 1. The molecule has 2 aliphatic rings. The van der Waals surface area contributed by atoms with Crippen LogP contribution in [0.2, 0.25) is 5.02 Å². The Kier molecular flexibility index (Phi) is 5.36. The van der Waals surface area contributed by atoms with E-state index in [1.807, 2.05) is 19.1 Å². The minimum Gasteiger partial charge on any atom is -0.384 e. The molecule has 2 heterocycles. The quantitative estimate of drug-likeness (QED) is 0.590. The molecule has 1 aliphatic heterocycles. The van der Waals surface area contributed by atoms with Crippen LogP contribution in [0.3, 0.4) is 0 Å². The van der Waals surface area contributed by atoms with Crippen LogP contribution in [0.25, 0.3) is 0 Å². The lowest BCUT2D eigenvalue weighted by Gasteiger charge is -2.40. The van der Waals surface area contributed by atoms with Crippen LogP contribution in [-0.4, -0.2) is 5.78 Å². The van der Waals surface area contributed by atoms with Crippen molar-refractivity contribution < 1.29 is 18.0 Å².